The molecule has 3 nitrogen and oxygen atoms in total. The molecule has 0 radical (unpaired) electrons. The van der Waals surface area contributed by atoms with Crippen molar-refractivity contribution in [1.29, 1.82) is 0 Å². The number of aliphatic hydroxyl groups is 1. The molecule has 1 saturated heterocycles. The molecule has 0 bridgehead atoms. The van der Waals surface area contributed by atoms with Gasteiger partial charge in [-0.3, -0.25) is 4.90 Å². The molecule has 1 N–H and O–H groups in total. The molecule has 4 heteroatoms. The second kappa shape index (κ2) is 6.97. The van der Waals surface area contributed by atoms with E-state index >= 15 is 0 Å². The summed E-state index contributed by atoms with van der Waals surface area (Å²) in [5.41, 5.74) is -0.236. The average molecular weight is 279 g/mol. The van der Waals surface area contributed by atoms with Gasteiger partial charge >= 0.3 is 0 Å². The van der Waals surface area contributed by atoms with Gasteiger partial charge < -0.3 is 9.84 Å². The minimum absolute atomic E-state index is 0.289. The van der Waals surface area contributed by atoms with Gasteiger partial charge in [0.2, 0.25) is 0 Å². The fourth-order valence-corrected chi connectivity index (χ4v) is 2.53. The minimum atomic E-state index is -0.978. The third kappa shape index (κ3) is 3.88. The minimum Gasteiger partial charge on any atom is -0.385 e. The highest BCUT2D eigenvalue weighted by Gasteiger charge is 2.28. The van der Waals surface area contributed by atoms with E-state index in [-0.39, 0.29) is 5.82 Å². The summed E-state index contributed by atoms with van der Waals surface area (Å²) in [6, 6.07) is 6.08. The van der Waals surface area contributed by atoms with Gasteiger partial charge in [-0.25, -0.2) is 4.39 Å². The smallest absolute Gasteiger partial charge is 0.123 e. The van der Waals surface area contributed by atoms with Gasteiger partial charge in [0.15, 0.2) is 0 Å². The lowest BCUT2D eigenvalue weighted by Gasteiger charge is -2.32. The number of hydrogen-bond donors (Lipinski definition) is 1. The molecule has 0 aromatic heterocycles. The highest BCUT2D eigenvalue weighted by molar-refractivity contribution is 5.24. The Hall–Kier alpha value is -1.23. The first kappa shape index (κ1) is 15.2. The Kier molecular flexibility index (Phi) is 5.29. The summed E-state index contributed by atoms with van der Waals surface area (Å²) in [6.07, 6.45) is 2.77. The predicted molar refractivity (Wildman–Crippen MR) is 77.0 cm³/mol. The summed E-state index contributed by atoms with van der Waals surface area (Å²) < 4.78 is 18.3. The summed E-state index contributed by atoms with van der Waals surface area (Å²) >= 11 is 0. The van der Waals surface area contributed by atoms with Gasteiger partial charge in [0.05, 0.1) is 18.8 Å². The van der Waals surface area contributed by atoms with E-state index in [0.717, 1.165) is 38.4 Å². The van der Waals surface area contributed by atoms with Crippen molar-refractivity contribution < 1.29 is 14.2 Å². The molecular formula is C16H22FNO2. The Bertz CT molecular complexity index is 429. The van der Waals surface area contributed by atoms with Gasteiger partial charge in [-0.05, 0) is 30.5 Å². The summed E-state index contributed by atoms with van der Waals surface area (Å²) in [5.74, 6) is -0.289. The van der Waals surface area contributed by atoms with Crippen molar-refractivity contribution in [3.63, 3.8) is 0 Å². The maximum absolute atomic E-state index is 13.0. The standard InChI is InChI=1S/C16H22FNO2/c1-2-7-16(19,14-3-5-15(17)6-4-14)8-9-18-10-12-20-13-11-18/h2-6,19H,1,7-13H2/t16-/m0/s1. The van der Waals surface area contributed by atoms with Crippen molar-refractivity contribution in [3.8, 4) is 0 Å². The second-order valence-electron chi connectivity index (χ2n) is 5.24. The monoisotopic (exact) mass is 279 g/mol. The zero-order chi connectivity index (χ0) is 14.4. The van der Waals surface area contributed by atoms with Gasteiger partial charge in [0, 0.05) is 19.6 Å². The van der Waals surface area contributed by atoms with Crippen molar-refractivity contribution in [2.45, 2.75) is 18.4 Å². The number of ether oxygens (including phenoxy) is 1. The van der Waals surface area contributed by atoms with E-state index in [1.165, 1.54) is 12.1 Å². The Balaban J connectivity index is 2.03. The maximum atomic E-state index is 13.0. The van der Waals surface area contributed by atoms with Crippen molar-refractivity contribution in [1.82, 2.24) is 4.90 Å². The first-order valence-corrected chi connectivity index (χ1v) is 7.03. The summed E-state index contributed by atoms with van der Waals surface area (Å²) in [6.45, 7) is 7.80. The van der Waals surface area contributed by atoms with E-state index in [1.54, 1.807) is 18.2 Å². The molecule has 0 amide bonds. The van der Waals surface area contributed by atoms with Crippen LogP contribution in [0.2, 0.25) is 0 Å². The number of hydrogen-bond acceptors (Lipinski definition) is 3. The Labute approximate surface area is 119 Å². The summed E-state index contributed by atoms with van der Waals surface area (Å²) in [4.78, 5) is 2.28. The van der Waals surface area contributed by atoms with Gasteiger partial charge in [-0.15, -0.1) is 6.58 Å². The predicted octanol–water partition coefficient (Wildman–Crippen LogP) is 2.31. The first-order chi connectivity index (χ1) is 9.64. The topological polar surface area (TPSA) is 32.7 Å². The van der Waals surface area contributed by atoms with Crippen LogP contribution in [-0.4, -0.2) is 42.9 Å². The van der Waals surface area contributed by atoms with Gasteiger partial charge in [-0.1, -0.05) is 18.2 Å². The molecule has 1 aliphatic rings. The fraction of sp³-hybridized carbons (Fsp3) is 0.500. The molecule has 20 heavy (non-hydrogen) atoms. The number of morpholine rings is 1. The quantitative estimate of drug-likeness (QED) is 0.811. The van der Waals surface area contributed by atoms with Crippen LogP contribution in [0.25, 0.3) is 0 Å². The Morgan fingerprint density at radius 2 is 1.95 bits per heavy atom. The van der Waals surface area contributed by atoms with E-state index in [0.29, 0.717) is 12.8 Å². The van der Waals surface area contributed by atoms with Crippen LogP contribution in [0, 0.1) is 5.82 Å². The normalized spacial score (nSPS) is 19.5. The van der Waals surface area contributed by atoms with Crippen LogP contribution in [0.1, 0.15) is 18.4 Å². The van der Waals surface area contributed by atoms with Crippen LogP contribution in [0.15, 0.2) is 36.9 Å². The third-order valence-electron chi connectivity index (χ3n) is 3.81. The highest BCUT2D eigenvalue weighted by atomic mass is 19.1. The molecule has 0 aliphatic carbocycles. The summed E-state index contributed by atoms with van der Waals surface area (Å²) in [7, 11) is 0. The van der Waals surface area contributed by atoms with Crippen molar-refractivity contribution in [3.05, 3.63) is 48.3 Å². The van der Waals surface area contributed by atoms with Crippen molar-refractivity contribution >= 4 is 0 Å². The lowest BCUT2D eigenvalue weighted by Crippen LogP contribution is -2.39. The molecular weight excluding hydrogens is 257 g/mol. The van der Waals surface area contributed by atoms with Crippen molar-refractivity contribution in [2.75, 3.05) is 32.8 Å². The lowest BCUT2D eigenvalue weighted by molar-refractivity contribution is -0.00298. The molecule has 0 spiro atoms. The Morgan fingerprint density at radius 3 is 2.55 bits per heavy atom. The first-order valence-electron chi connectivity index (χ1n) is 7.03. The van der Waals surface area contributed by atoms with Crippen LogP contribution in [0.5, 0.6) is 0 Å². The van der Waals surface area contributed by atoms with Crippen LogP contribution < -0.4 is 0 Å². The number of benzene rings is 1. The van der Waals surface area contributed by atoms with Crippen LogP contribution in [-0.2, 0) is 10.3 Å². The molecule has 1 heterocycles. The zero-order valence-electron chi connectivity index (χ0n) is 11.7. The zero-order valence-corrected chi connectivity index (χ0v) is 11.7. The molecule has 1 aromatic carbocycles. The van der Waals surface area contributed by atoms with E-state index in [9.17, 15) is 9.50 Å². The maximum Gasteiger partial charge on any atom is 0.123 e. The van der Waals surface area contributed by atoms with E-state index in [4.69, 9.17) is 4.74 Å². The molecule has 1 atom stereocenters. The third-order valence-corrected chi connectivity index (χ3v) is 3.81. The van der Waals surface area contributed by atoms with Gasteiger partial charge in [0.1, 0.15) is 5.82 Å². The van der Waals surface area contributed by atoms with Gasteiger partial charge in [0.25, 0.3) is 0 Å². The highest BCUT2D eigenvalue weighted by Crippen LogP contribution is 2.29. The molecule has 0 saturated carbocycles. The van der Waals surface area contributed by atoms with Gasteiger partial charge in [-0.2, -0.15) is 0 Å². The van der Waals surface area contributed by atoms with Crippen LogP contribution in [0.3, 0.4) is 0 Å². The van der Waals surface area contributed by atoms with Crippen LogP contribution >= 0.6 is 0 Å². The molecule has 1 fully saturated rings. The molecule has 0 unspecified atom stereocenters. The van der Waals surface area contributed by atoms with E-state index < -0.39 is 5.60 Å². The largest absolute Gasteiger partial charge is 0.385 e. The average Bonchev–Trinajstić information content (AvgIpc) is 2.47. The summed E-state index contributed by atoms with van der Waals surface area (Å²) in [5, 5.41) is 10.9. The molecule has 1 aromatic rings. The fourth-order valence-electron chi connectivity index (χ4n) is 2.53. The lowest BCUT2D eigenvalue weighted by atomic mass is 9.87. The Morgan fingerprint density at radius 1 is 1.30 bits per heavy atom. The second-order valence-corrected chi connectivity index (χ2v) is 5.24. The molecule has 1 aliphatic heterocycles. The van der Waals surface area contributed by atoms with Crippen LogP contribution in [0.4, 0.5) is 4.39 Å². The molecule has 2 rings (SSSR count). The number of halogens is 1. The molecule has 110 valence electrons. The van der Waals surface area contributed by atoms with E-state index in [1.807, 2.05) is 0 Å². The van der Waals surface area contributed by atoms with E-state index in [2.05, 4.69) is 11.5 Å². The van der Waals surface area contributed by atoms with Crippen molar-refractivity contribution in [2.24, 2.45) is 0 Å². The number of rotatable bonds is 6. The number of nitrogens with zero attached hydrogens (tertiary/aromatic N) is 1. The SMILES string of the molecule is C=CC[C@](O)(CCN1CCOCC1)c1ccc(F)cc1.